The van der Waals surface area contributed by atoms with Crippen LogP contribution in [0.15, 0.2) is 28.7 Å². The van der Waals surface area contributed by atoms with E-state index in [-0.39, 0.29) is 0 Å². The summed E-state index contributed by atoms with van der Waals surface area (Å²) >= 11 is 0. The number of para-hydroxylation sites is 1. The Kier molecular flexibility index (Phi) is 3.35. The molecule has 2 heterocycles. The Bertz CT molecular complexity index is 526. The molecule has 0 spiro atoms. The molecule has 3 heteroatoms. The van der Waals surface area contributed by atoms with Crippen molar-refractivity contribution in [1.82, 2.24) is 5.32 Å². The minimum Gasteiger partial charge on any atom is -0.461 e. The number of ether oxygens (including phenoxy) is 1. The predicted molar refractivity (Wildman–Crippen MR) is 71.6 cm³/mol. The highest BCUT2D eigenvalue weighted by Gasteiger charge is 2.15. The molecule has 1 aromatic carbocycles. The van der Waals surface area contributed by atoms with E-state index in [1.807, 2.05) is 19.1 Å². The SMILES string of the molecule is Cc1oc2ccccc2c1CNC1CCOCC1. The van der Waals surface area contributed by atoms with Crippen LogP contribution in [0.1, 0.15) is 24.2 Å². The van der Waals surface area contributed by atoms with Gasteiger partial charge in [-0.05, 0) is 25.8 Å². The maximum Gasteiger partial charge on any atom is 0.134 e. The second kappa shape index (κ2) is 5.12. The number of benzene rings is 1. The molecule has 3 rings (SSSR count). The Hall–Kier alpha value is -1.32. The molecule has 1 saturated heterocycles. The van der Waals surface area contributed by atoms with Gasteiger partial charge in [0.05, 0.1) is 0 Å². The van der Waals surface area contributed by atoms with E-state index in [1.165, 1.54) is 10.9 Å². The van der Waals surface area contributed by atoms with E-state index in [0.29, 0.717) is 6.04 Å². The molecule has 2 aromatic rings. The molecule has 0 amide bonds. The van der Waals surface area contributed by atoms with E-state index in [2.05, 4.69) is 17.4 Å². The lowest BCUT2D eigenvalue weighted by atomic mass is 10.1. The van der Waals surface area contributed by atoms with Gasteiger partial charge in [-0.1, -0.05) is 18.2 Å². The Labute approximate surface area is 107 Å². The van der Waals surface area contributed by atoms with Crippen LogP contribution >= 0.6 is 0 Å². The molecule has 0 unspecified atom stereocenters. The van der Waals surface area contributed by atoms with Crippen molar-refractivity contribution in [2.24, 2.45) is 0 Å². The highest BCUT2D eigenvalue weighted by molar-refractivity contribution is 5.82. The quantitative estimate of drug-likeness (QED) is 0.902. The van der Waals surface area contributed by atoms with Crippen molar-refractivity contribution in [3.8, 4) is 0 Å². The zero-order chi connectivity index (χ0) is 12.4. The molecule has 0 saturated carbocycles. The number of fused-ring (bicyclic) bond motifs is 1. The molecule has 0 bridgehead atoms. The fourth-order valence-corrected chi connectivity index (χ4v) is 2.59. The number of furan rings is 1. The van der Waals surface area contributed by atoms with E-state index >= 15 is 0 Å². The first-order chi connectivity index (χ1) is 8.84. The van der Waals surface area contributed by atoms with Crippen LogP contribution in [0.3, 0.4) is 0 Å². The third-order valence-electron chi connectivity index (χ3n) is 3.69. The van der Waals surface area contributed by atoms with Gasteiger partial charge in [0.25, 0.3) is 0 Å². The lowest BCUT2D eigenvalue weighted by Crippen LogP contribution is -2.34. The maximum atomic E-state index is 5.77. The Balaban J connectivity index is 1.75. The molecule has 1 N–H and O–H groups in total. The molecular formula is C15H19NO2. The summed E-state index contributed by atoms with van der Waals surface area (Å²) in [5, 5.41) is 4.85. The standard InChI is InChI=1S/C15H19NO2/c1-11-14(10-16-12-6-8-17-9-7-12)13-4-2-3-5-15(13)18-11/h2-5,12,16H,6-10H2,1H3. The van der Waals surface area contributed by atoms with Crippen molar-refractivity contribution in [2.45, 2.75) is 32.4 Å². The van der Waals surface area contributed by atoms with Crippen molar-refractivity contribution in [1.29, 1.82) is 0 Å². The van der Waals surface area contributed by atoms with Crippen LogP contribution in [0, 0.1) is 6.92 Å². The first kappa shape index (κ1) is 11.8. The highest BCUT2D eigenvalue weighted by Crippen LogP contribution is 2.25. The van der Waals surface area contributed by atoms with Gasteiger partial charge in [0, 0.05) is 36.8 Å². The summed E-state index contributed by atoms with van der Waals surface area (Å²) in [7, 11) is 0. The summed E-state index contributed by atoms with van der Waals surface area (Å²) in [5.74, 6) is 1.02. The van der Waals surface area contributed by atoms with Crippen molar-refractivity contribution in [3.05, 3.63) is 35.6 Å². The fourth-order valence-electron chi connectivity index (χ4n) is 2.59. The van der Waals surface area contributed by atoms with Gasteiger partial charge in [-0.2, -0.15) is 0 Å². The van der Waals surface area contributed by atoms with Gasteiger partial charge in [-0.15, -0.1) is 0 Å². The van der Waals surface area contributed by atoms with Crippen LogP contribution in [0.5, 0.6) is 0 Å². The van der Waals surface area contributed by atoms with E-state index in [1.54, 1.807) is 0 Å². The molecule has 0 radical (unpaired) electrons. The molecule has 1 fully saturated rings. The Morgan fingerprint density at radius 3 is 2.83 bits per heavy atom. The average Bonchev–Trinajstić information content (AvgIpc) is 2.73. The molecule has 0 aliphatic carbocycles. The molecule has 1 aromatic heterocycles. The van der Waals surface area contributed by atoms with Gasteiger partial charge < -0.3 is 14.5 Å². The monoisotopic (exact) mass is 245 g/mol. The Morgan fingerprint density at radius 2 is 2.00 bits per heavy atom. The third-order valence-corrected chi connectivity index (χ3v) is 3.69. The van der Waals surface area contributed by atoms with Gasteiger partial charge in [0.2, 0.25) is 0 Å². The van der Waals surface area contributed by atoms with E-state index in [0.717, 1.165) is 43.9 Å². The van der Waals surface area contributed by atoms with Crippen molar-refractivity contribution in [3.63, 3.8) is 0 Å². The summed E-state index contributed by atoms with van der Waals surface area (Å²) in [5.41, 5.74) is 2.27. The van der Waals surface area contributed by atoms with Crippen LogP contribution in [-0.4, -0.2) is 19.3 Å². The normalized spacial score (nSPS) is 17.4. The van der Waals surface area contributed by atoms with Crippen LogP contribution in [0.25, 0.3) is 11.0 Å². The number of rotatable bonds is 3. The van der Waals surface area contributed by atoms with Gasteiger partial charge in [-0.25, -0.2) is 0 Å². The van der Waals surface area contributed by atoms with Gasteiger partial charge >= 0.3 is 0 Å². The molecule has 1 aliphatic heterocycles. The summed E-state index contributed by atoms with van der Waals surface area (Å²) in [6.07, 6.45) is 2.21. The second-order valence-corrected chi connectivity index (χ2v) is 4.90. The van der Waals surface area contributed by atoms with Crippen molar-refractivity contribution in [2.75, 3.05) is 13.2 Å². The summed E-state index contributed by atoms with van der Waals surface area (Å²) in [4.78, 5) is 0. The lowest BCUT2D eigenvalue weighted by molar-refractivity contribution is 0.0776. The van der Waals surface area contributed by atoms with Gasteiger partial charge in [0.15, 0.2) is 0 Å². The first-order valence-electron chi connectivity index (χ1n) is 6.63. The predicted octanol–water partition coefficient (Wildman–Crippen LogP) is 3.01. The summed E-state index contributed by atoms with van der Waals surface area (Å²) in [6.45, 7) is 4.68. The molecule has 0 atom stereocenters. The van der Waals surface area contributed by atoms with E-state index in [4.69, 9.17) is 9.15 Å². The van der Waals surface area contributed by atoms with E-state index in [9.17, 15) is 0 Å². The molecule has 18 heavy (non-hydrogen) atoms. The van der Waals surface area contributed by atoms with Crippen molar-refractivity contribution >= 4 is 11.0 Å². The number of hydrogen-bond donors (Lipinski definition) is 1. The number of hydrogen-bond acceptors (Lipinski definition) is 3. The molecule has 96 valence electrons. The summed E-state index contributed by atoms with van der Waals surface area (Å²) in [6, 6.07) is 8.82. The minimum absolute atomic E-state index is 0.576. The van der Waals surface area contributed by atoms with Crippen molar-refractivity contribution < 1.29 is 9.15 Å². The zero-order valence-electron chi connectivity index (χ0n) is 10.7. The van der Waals surface area contributed by atoms with Crippen LogP contribution in [0.2, 0.25) is 0 Å². The smallest absolute Gasteiger partial charge is 0.134 e. The fraction of sp³-hybridized carbons (Fsp3) is 0.467. The minimum atomic E-state index is 0.576. The Morgan fingerprint density at radius 1 is 1.22 bits per heavy atom. The molecule has 1 aliphatic rings. The molecular weight excluding hydrogens is 226 g/mol. The van der Waals surface area contributed by atoms with Gasteiger partial charge in [-0.3, -0.25) is 0 Å². The highest BCUT2D eigenvalue weighted by atomic mass is 16.5. The largest absolute Gasteiger partial charge is 0.461 e. The topological polar surface area (TPSA) is 34.4 Å². The lowest BCUT2D eigenvalue weighted by Gasteiger charge is -2.23. The number of aryl methyl sites for hydroxylation is 1. The van der Waals surface area contributed by atoms with Gasteiger partial charge in [0.1, 0.15) is 11.3 Å². The van der Waals surface area contributed by atoms with E-state index < -0.39 is 0 Å². The zero-order valence-corrected chi connectivity index (χ0v) is 10.7. The first-order valence-corrected chi connectivity index (χ1v) is 6.63. The maximum absolute atomic E-state index is 5.77. The molecule has 3 nitrogen and oxygen atoms in total. The van der Waals surface area contributed by atoms with Crippen LogP contribution in [0.4, 0.5) is 0 Å². The third kappa shape index (κ3) is 2.28. The second-order valence-electron chi connectivity index (χ2n) is 4.90. The summed E-state index contributed by atoms with van der Waals surface area (Å²) < 4.78 is 11.1. The average molecular weight is 245 g/mol. The van der Waals surface area contributed by atoms with Crippen LogP contribution < -0.4 is 5.32 Å². The number of nitrogens with one attached hydrogen (secondary N) is 1. The van der Waals surface area contributed by atoms with Crippen LogP contribution in [-0.2, 0) is 11.3 Å².